The van der Waals surface area contributed by atoms with Crippen LogP contribution < -0.4 is 11.1 Å². The summed E-state index contributed by atoms with van der Waals surface area (Å²) in [7, 11) is 0. The number of nitrogens with one attached hydrogen (secondary N) is 2. The van der Waals surface area contributed by atoms with Gasteiger partial charge in [-0.15, -0.1) is 0 Å². The van der Waals surface area contributed by atoms with Gasteiger partial charge >= 0.3 is 0 Å². The van der Waals surface area contributed by atoms with Gasteiger partial charge in [0, 0.05) is 41.5 Å². The minimum Gasteiger partial charge on any atom is -0.398 e. The summed E-state index contributed by atoms with van der Waals surface area (Å²) in [5.41, 5.74) is 8.05. The van der Waals surface area contributed by atoms with E-state index in [-0.39, 0.29) is 16.9 Å². The third-order valence-corrected chi connectivity index (χ3v) is 3.85. The minimum absolute atomic E-state index is 0.114. The van der Waals surface area contributed by atoms with Crippen molar-refractivity contribution in [3.05, 3.63) is 69.9 Å². The van der Waals surface area contributed by atoms with E-state index in [1.807, 2.05) is 30.5 Å². The first-order valence-electron chi connectivity index (χ1n) is 7.43. The molecule has 0 saturated carbocycles. The molecule has 1 amide bonds. The average molecular weight is 324 g/mol. The van der Waals surface area contributed by atoms with Crippen molar-refractivity contribution in [2.45, 2.75) is 6.42 Å². The number of para-hydroxylation sites is 1. The molecule has 0 bridgehead atoms. The first-order valence-corrected chi connectivity index (χ1v) is 7.43. The summed E-state index contributed by atoms with van der Waals surface area (Å²) in [6.07, 6.45) is 2.56. The predicted molar refractivity (Wildman–Crippen MR) is 91.8 cm³/mol. The van der Waals surface area contributed by atoms with Gasteiger partial charge in [-0.05, 0) is 24.1 Å². The van der Waals surface area contributed by atoms with Gasteiger partial charge < -0.3 is 16.0 Å². The number of rotatable bonds is 5. The molecule has 122 valence electrons. The van der Waals surface area contributed by atoms with Crippen LogP contribution in [0.2, 0.25) is 0 Å². The van der Waals surface area contributed by atoms with Crippen LogP contribution in [0.15, 0.2) is 48.7 Å². The van der Waals surface area contributed by atoms with Gasteiger partial charge in [-0.1, -0.05) is 18.2 Å². The van der Waals surface area contributed by atoms with Crippen molar-refractivity contribution in [3.8, 4) is 0 Å². The monoisotopic (exact) mass is 324 g/mol. The zero-order valence-electron chi connectivity index (χ0n) is 12.8. The number of nitro groups is 1. The van der Waals surface area contributed by atoms with Crippen molar-refractivity contribution < 1.29 is 9.72 Å². The lowest BCUT2D eigenvalue weighted by molar-refractivity contribution is -0.384. The molecule has 7 heteroatoms. The SMILES string of the molecule is Nc1ccc([N+](=O)[O-])cc1C(=O)NCCc1c[nH]c2ccccc12. The number of H-pyrrole nitrogens is 1. The van der Waals surface area contributed by atoms with E-state index in [2.05, 4.69) is 10.3 Å². The van der Waals surface area contributed by atoms with Crippen molar-refractivity contribution in [3.63, 3.8) is 0 Å². The van der Waals surface area contributed by atoms with E-state index in [9.17, 15) is 14.9 Å². The summed E-state index contributed by atoms with van der Waals surface area (Å²) in [6, 6.07) is 11.8. The number of non-ortho nitro benzene ring substituents is 1. The van der Waals surface area contributed by atoms with Gasteiger partial charge in [0.25, 0.3) is 11.6 Å². The Morgan fingerprint density at radius 1 is 1.25 bits per heavy atom. The lowest BCUT2D eigenvalue weighted by atomic mass is 10.1. The molecule has 24 heavy (non-hydrogen) atoms. The van der Waals surface area contributed by atoms with Gasteiger partial charge in [0.1, 0.15) is 0 Å². The van der Waals surface area contributed by atoms with Crippen LogP contribution in [0.3, 0.4) is 0 Å². The summed E-state index contributed by atoms with van der Waals surface area (Å²) in [4.78, 5) is 25.6. The van der Waals surface area contributed by atoms with Gasteiger partial charge in [-0.25, -0.2) is 0 Å². The largest absolute Gasteiger partial charge is 0.398 e. The highest BCUT2D eigenvalue weighted by molar-refractivity contribution is 5.99. The highest BCUT2D eigenvalue weighted by Gasteiger charge is 2.15. The Morgan fingerprint density at radius 2 is 2.04 bits per heavy atom. The van der Waals surface area contributed by atoms with Crippen LogP contribution in [0.25, 0.3) is 10.9 Å². The number of carbonyl (C=O) groups excluding carboxylic acids is 1. The lowest BCUT2D eigenvalue weighted by Crippen LogP contribution is -2.26. The lowest BCUT2D eigenvalue weighted by Gasteiger charge is -2.07. The number of nitrogens with zero attached hydrogens (tertiary/aromatic N) is 1. The maximum absolute atomic E-state index is 12.2. The van der Waals surface area contributed by atoms with E-state index in [0.29, 0.717) is 13.0 Å². The van der Waals surface area contributed by atoms with Gasteiger partial charge in [0.2, 0.25) is 0 Å². The standard InChI is InChI=1S/C17H16N4O3/c18-15-6-5-12(21(23)24)9-14(15)17(22)19-8-7-11-10-20-16-4-2-1-3-13(11)16/h1-6,9-10,20H,7-8,18H2,(H,19,22). The fourth-order valence-corrected chi connectivity index (χ4v) is 2.60. The van der Waals surface area contributed by atoms with Crippen LogP contribution in [-0.2, 0) is 6.42 Å². The molecule has 3 rings (SSSR count). The molecule has 2 aromatic carbocycles. The molecule has 0 fully saturated rings. The highest BCUT2D eigenvalue weighted by Crippen LogP contribution is 2.20. The van der Waals surface area contributed by atoms with Crippen LogP contribution in [0.1, 0.15) is 15.9 Å². The summed E-state index contributed by atoms with van der Waals surface area (Å²) < 4.78 is 0. The van der Waals surface area contributed by atoms with E-state index < -0.39 is 10.8 Å². The Labute approximate surface area is 137 Å². The molecule has 1 aromatic heterocycles. The smallest absolute Gasteiger partial charge is 0.270 e. The maximum Gasteiger partial charge on any atom is 0.270 e. The molecule has 1 heterocycles. The van der Waals surface area contributed by atoms with Crippen LogP contribution in [0.5, 0.6) is 0 Å². The van der Waals surface area contributed by atoms with E-state index in [1.165, 1.54) is 18.2 Å². The quantitative estimate of drug-likeness (QED) is 0.380. The molecule has 0 atom stereocenters. The average Bonchev–Trinajstić information content (AvgIpc) is 2.98. The number of aromatic amines is 1. The van der Waals surface area contributed by atoms with Crippen LogP contribution in [-0.4, -0.2) is 22.4 Å². The van der Waals surface area contributed by atoms with Gasteiger partial charge in [-0.2, -0.15) is 0 Å². The van der Waals surface area contributed by atoms with Crippen molar-refractivity contribution in [2.24, 2.45) is 0 Å². The molecule has 0 spiro atoms. The van der Waals surface area contributed by atoms with Crippen LogP contribution in [0, 0.1) is 10.1 Å². The molecule has 3 aromatic rings. The molecule has 0 radical (unpaired) electrons. The minimum atomic E-state index is -0.553. The number of amides is 1. The number of carbonyl (C=O) groups is 1. The Balaban J connectivity index is 1.68. The van der Waals surface area contributed by atoms with Crippen molar-refractivity contribution >= 4 is 28.2 Å². The first kappa shape index (κ1) is 15.5. The highest BCUT2D eigenvalue weighted by atomic mass is 16.6. The molecule has 4 N–H and O–H groups in total. The van der Waals surface area contributed by atoms with E-state index in [1.54, 1.807) is 0 Å². The molecular formula is C17H16N4O3. The zero-order chi connectivity index (χ0) is 17.1. The summed E-state index contributed by atoms with van der Waals surface area (Å²) in [5, 5.41) is 14.7. The molecule has 0 aliphatic carbocycles. The molecule has 0 saturated heterocycles. The molecule has 7 nitrogen and oxygen atoms in total. The topological polar surface area (TPSA) is 114 Å². The molecular weight excluding hydrogens is 308 g/mol. The Kier molecular flexibility index (Phi) is 4.15. The number of fused-ring (bicyclic) bond motifs is 1. The zero-order valence-corrected chi connectivity index (χ0v) is 12.8. The predicted octanol–water partition coefficient (Wildman–Crippen LogP) is 2.63. The summed E-state index contributed by atoms with van der Waals surface area (Å²) in [5.74, 6) is -0.420. The number of nitrogens with two attached hydrogens (primary N) is 1. The fourth-order valence-electron chi connectivity index (χ4n) is 2.60. The van der Waals surface area contributed by atoms with E-state index in [4.69, 9.17) is 5.73 Å². The number of benzene rings is 2. The van der Waals surface area contributed by atoms with Gasteiger partial charge in [0.05, 0.1) is 10.5 Å². The second-order valence-corrected chi connectivity index (χ2v) is 5.39. The van der Waals surface area contributed by atoms with Crippen molar-refractivity contribution in [1.82, 2.24) is 10.3 Å². The number of aromatic nitrogens is 1. The molecule has 0 aliphatic heterocycles. The Bertz CT molecular complexity index is 917. The van der Waals surface area contributed by atoms with Crippen molar-refractivity contribution in [2.75, 3.05) is 12.3 Å². The van der Waals surface area contributed by atoms with Crippen LogP contribution in [0.4, 0.5) is 11.4 Å². The van der Waals surface area contributed by atoms with Gasteiger partial charge in [-0.3, -0.25) is 14.9 Å². The third-order valence-electron chi connectivity index (χ3n) is 3.85. The fraction of sp³-hybridized carbons (Fsp3) is 0.118. The van der Waals surface area contributed by atoms with Gasteiger partial charge in [0.15, 0.2) is 0 Å². The molecule has 0 aliphatic rings. The number of hydrogen-bond acceptors (Lipinski definition) is 4. The molecule has 0 unspecified atom stereocenters. The van der Waals surface area contributed by atoms with Crippen molar-refractivity contribution in [1.29, 1.82) is 0 Å². The van der Waals surface area contributed by atoms with E-state index >= 15 is 0 Å². The van der Waals surface area contributed by atoms with E-state index in [0.717, 1.165) is 16.5 Å². The number of nitro benzene ring substituents is 1. The number of anilines is 1. The Morgan fingerprint density at radius 3 is 2.83 bits per heavy atom. The first-order chi connectivity index (χ1) is 11.6. The third kappa shape index (κ3) is 3.05. The Hall–Kier alpha value is -3.35. The summed E-state index contributed by atoms with van der Waals surface area (Å²) >= 11 is 0. The number of hydrogen-bond donors (Lipinski definition) is 3. The maximum atomic E-state index is 12.2. The second kappa shape index (κ2) is 6.41. The second-order valence-electron chi connectivity index (χ2n) is 5.39. The summed E-state index contributed by atoms with van der Waals surface area (Å²) in [6.45, 7) is 0.406. The normalized spacial score (nSPS) is 10.7. The van der Waals surface area contributed by atoms with Crippen LogP contribution >= 0.6 is 0 Å². The number of nitrogen functional groups attached to an aromatic ring is 1.